The Balaban J connectivity index is 3.14. The van der Waals surface area contributed by atoms with E-state index in [9.17, 15) is 18.0 Å². The number of nitrogens with two attached hydrogens (primary N) is 1. The highest BCUT2D eigenvalue weighted by Crippen LogP contribution is 2.34. The van der Waals surface area contributed by atoms with Gasteiger partial charge < -0.3 is 15.6 Å². The van der Waals surface area contributed by atoms with Gasteiger partial charge in [-0.05, 0) is 18.2 Å². The summed E-state index contributed by atoms with van der Waals surface area (Å²) >= 11 is 5.52. The van der Waals surface area contributed by atoms with Gasteiger partial charge in [0.15, 0.2) is 0 Å². The fraction of sp³-hybridized carbons (Fsp3) is 0.100. The monoisotopic (exact) mass is 281 g/mol. The van der Waals surface area contributed by atoms with Gasteiger partial charge in [-0.25, -0.2) is 4.79 Å². The van der Waals surface area contributed by atoms with Gasteiger partial charge in [0.1, 0.15) is 5.75 Å². The van der Waals surface area contributed by atoms with Gasteiger partial charge in [-0.3, -0.25) is 0 Å². The molecule has 0 saturated heterocycles. The quantitative estimate of drug-likeness (QED) is 0.660. The largest absolute Gasteiger partial charge is 0.573 e. The molecule has 0 aromatic heterocycles. The van der Waals surface area contributed by atoms with E-state index in [1.54, 1.807) is 0 Å². The van der Waals surface area contributed by atoms with Gasteiger partial charge in [-0.2, -0.15) is 0 Å². The molecule has 4 nitrogen and oxygen atoms in total. The van der Waals surface area contributed by atoms with Crippen LogP contribution in [0.4, 0.5) is 18.9 Å². The average Bonchev–Trinajstić information content (AvgIpc) is 2.18. The predicted molar refractivity (Wildman–Crippen MR) is 59.2 cm³/mol. The summed E-state index contributed by atoms with van der Waals surface area (Å²) in [5.41, 5.74) is 5.57. The van der Waals surface area contributed by atoms with E-state index in [1.807, 2.05) is 0 Å². The summed E-state index contributed by atoms with van der Waals surface area (Å²) < 4.78 is 39.8. The number of carboxylic acids is 1. The number of ether oxygens (including phenoxy) is 1. The van der Waals surface area contributed by atoms with E-state index in [0.29, 0.717) is 0 Å². The second-order valence-corrected chi connectivity index (χ2v) is 3.54. The Bertz CT molecular complexity index is 500. The van der Waals surface area contributed by atoms with Crippen molar-refractivity contribution in [1.82, 2.24) is 0 Å². The molecule has 0 fully saturated rings. The Hall–Kier alpha value is -1.89. The molecule has 0 radical (unpaired) electrons. The van der Waals surface area contributed by atoms with Crippen molar-refractivity contribution in [2.75, 3.05) is 5.73 Å². The number of carbonyl (C=O) groups is 1. The molecule has 8 heteroatoms. The van der Waals surface area contributed by atoms with Crippen LogP contribution in [-0.2, 0) is 4.79 Å². The molecule has 0 amide bonds. The number of anilines is 1. The third-order valence-electron chi connectivity index (χ3n) is 1.77. The molecular weight excluding hydrogens is 275 g/mol. The number of benzene rings is 1. The fourth-order valence-electron chi connectivity index (χ4n) is 1.09. The SMILES string of the molecule is Nc1cc(Cl)c(OC(F)(F)F)cc1C=CC(=O)O. The smallest absolute Gasteiger partial charge is 0.478 e. The van der Waals surface area contributed by atoms with Gasteiger partial charge in [0, 0.05) is 17.3 Å². The number of rotatable bonds is 3. The lowest BCUT2D eigenvalue weighted by atomic mass is 10.1. The second-order valence-electron chi connectivity index (χ2n) is 3.13. The van der Waals surface area contributed by atoms with Crippen LogP contribution >= 0.6 is 11.6 Å². The summed E-state index contributed by atoms with van der Waals surface area (Å²) in [4.78, 5) is 10.3. The van der Waals surface area contributed by atoms with Crippen molar-refractivity contribution in [3.63, 3.8) is 0 Å². The summed E-state index contributed by atoms with van der Waals surface area (Å²) in [6.45, 7) is 0. The van der Waals surface area contributed by atoms with Crippen LogP contribution in [-0.4, -0.2) is 17.4 Å². The molecule has 1 aromatic rings. The zero-order chi connectivity index (χ0) is 13.9. The summed E-state index contributed by atoms with van der Waals surface area (Å²) in [6, 6.07) is 1.95. The van der Waals surface area contributed by atoms with E-state index in [2.05, 4.69) is 4.74 Å². The lowest BCUT2D eigenvalue weighted by Gasteiger charge is -2.12. The number of carboxylic acid groups (broad SMARTS) is 1. The second kappa shape index (κ2) is 5.18. The lowest BCUT2D eigenvalue weighted by molar-refractivity contribution is -0.274. The highest BCUT2D eigenvalue weighted by Gasteiger charge is 2.32. The Kier molecular flexibility index (Phi) is 4.07. The van der Waals surface area contributed by atoms with Crippen molar-refractivity contribution in [2.45, 2.75) is 6.36 Å². The molecule has 3 N–H and O–H groups in total. The molecule has 0 unspecified atom stereocenters. The van der Waals surface area contributed by atoms with Crippen LogP contribution in [0.3, 0.4) is 0 Å². The summed E-state index contributed by atoms with van der Waals surface area (Å²) in [6.07, 6.45) is -3.12. The van der Waals surface area contributed by atoms with Crippen molar-refractivity contribution < 1.29 is 27.8 Å². The van der Waals surface area contributed by atoms with Gasteiger partial charge in [0.2, 0.25) is 0 Å². The van der Waals surface area contributed by atoms with Crippen molar-refractivity contribution in [1.29, 1.82) is 0 Å². The lowest BCUT2D eigenvalue weighted by Crippen LogP contribution is -2.17. The molecule has 0 aliphatic heterocycles. The van der Waals surface area contributed by atoms with E-state index in [-0.39, 0.29) is 16.3 Å². The molecule has 1 aromatic carbocycles. The first-order valence-electron chi connectivity index (χ1n) is 4.45. The van der Waals surface area contributed by atoms with Crippen LogP contribution in [0.25, 0.3) is 6.08 Å². The molecule has 0 atom stereocenters. The number of hydrogen-bond acceptors (Lipinski definition) is 3. The van der Waals surface area contributed by atoms with Gasteiger partial charge in [0.05, 0.1) is 5.02 Å². The third-order valence-corrected chi connectivity index (χ3v) is 2.06. The zero-order valence-electron chi connectivity index (χ0n) is 8.66. The summed E-state index contributed by atoms with van der Waals surface area (Å²) in [5, 5.41) is 8.09. The van der Waals surface area contributed by atoms with Crippen LogP contribution in [0, 0.1) is 0 Å². The Morgan fingerprint density at radius 2 is 2.06 bits per heavy atom. The highest BCUT2D eigenvalue weighted by atomic mass is 35.5. The van der Waals surface area contributed by atoms with Gasteiger partial charge in [-0.1, -0.05) is 11.6 Å². The predicted octanol–water partition coefficient (Wildman–Crippen LogP) is 2.92. The van der Waals surface area contributed by atoms with E-state index in [1.165, 1.54) is 0 Å². The Morgan fingerprint density at radius 1 is 1.44 bits per heavy atom. The van der Waals surface area contributed by atoms with Gasteiger partial charge >= 0.3 is 12.3 Å². The summed E-state index contributed by atoms with van der Waals surface area (Å²) in [5.74, 6) is -1.91. The number of nitrogen functional groups attached to an aromatic ring is 1. The molecule has 0 saturated carbocycles. The molecule has 0 aliphatic carbocycles. The normalized spacial score (nSPS) is 11.8. The molecule has 0 aliphatic rings. The van der Waals surface area contributed by atoms with Gasteiger partial charge in [0.25, 0.3) is 0 Å². The molecule has 0 heterocycles. The van der Waals surface area contributed by atoms with E-state index < -0.39 is 18.1 Å². The minimum absolute atomic E-state index is 0.0343. The van der Waals surface area contributed by atoms with Crippen LogP contribution in [0.2, 0.25) is 5.02 Å². The number of halogens is 4. The van der Waals surface area contributed by atoms with E-state index >= 15 is 0 Å². The van der Waals surface area contributed by atoms with Crippen LogP contribution < -0.4 is 10.5 Å². The minimum atomic E-state index is -4.90. The molecule has 0 spiro atoms. The fourth-order valence-corrected chi connectivity index (χ4v) is 1.30. The molecule has 98 valence electrons. The standard InChI is InChI=1S/C10H7ClF3NO3/c11-6-4-7(15)5(1-2-9(16)17)3-8(6)18-10(12,13)14/h1-4H,15H2,(H,16,17). The van der Waals surface area contributed by atoms with Crippen molar-refractivity contribution in [3.05, 3.63) is 28.8 Å². The Morgan fingerprint density at radius 3 is 2.56 bits per heavy atom. The number of alkyl halides is 3. The maximum Gasteiger partial charge on any atom is 0.573 e. The maximum atomic E-state index is 12.0. The number of hydrogen-bond donors (Lipinski definition) is 2. The zero-order valence-corrected chi connectivity index (χ0v) is 9.42. The van der Waals surface area contributed by atoms with E-state index in [0.717, 1.165) is 24.3 Å². The first-order valence-corrected chi connectivity index (χ1v) is 4.82. The van der Waals surface area contributed by atoms with Crippen LogP contribution in [0.15, 0.2) is 18.2 Å². The van der Waals surface area contributed by atoms with Crippen LogP contribution in [0.5, 0.6) is 5.75 Å². The summed E-state index contributed by atoms with van der Waals surface area (Å²) in [7, 11) is 0. The molecule has 1 rings (SSSR count). The molecule has 18 heavy (non-hydrogen) atoms. The Labute approximate surface area is 104 Å². The first-order chi connectivity index (χ1) is 8.19. The molecular formula is C10H7ClF3NO3. The third kappa shape index (κ3) is 4.17. The topological polar surface area (TPSA) is 72.5 Å². The van der Waals surface area contributed by atoms with Crippen LogP contribution in [0.1, 0.15) is 5.56 Å². The van der Waals surface area contributed by atoms with Crippen molar-refractivity contribution >= 4 is 29.3 Å². The van der Waals surface area contributed by atoms with Crippen molar-refractivity contribution in [3.8, 4) is 5.75 Å². The van der Waals surface area contributed by atoms with Gasteiger partial charge in [-0.15, -0.1) is 13.2 Å². The number of aliphatic carboxylic acids is 1. The molecule has 0 bridgehead atoms. The van der Waals surface area contributed by atoms with Crippen molar-refractivity contribution in [2.24, 2.45) is 0 Å². The average molecular weight is 282 g/mol. The first kappa shape index (κ1) is 14.2. The highest BCUT2D eigenvalue weighted by molar-refractivity contribution is 6.32. The maximum absolute atomic E-state index is 12.0. The van der Waals surface area contributed by atoms with E-state index in [4.69, 9.17) is 22.4 Å². The minimum Gasteiger partial charge on any atom is -0.478 e.